The van der Waals surface area contributed by atoms with Gasteiger partial charge in [0.25, 0.3) is 0 Å². The van der Waals surface area contributed by atoms with E-state index in [2.05, 4.69) is 24.4 Å². The molecule has 2 unspecified atom stereocenters. The van der Waals surface area contributed by atoms with Crippen molar-refractivity contribution in [2.75, 3.05) is 13.2 Å². The van der Waals surface area contributed by atoms with Crippen LogP contribution in [0.3, 0.4) is 0 Å². The fourth-order valence-corrected chi connectivity index (χ4v) is 3.31. The molecule has 0 saturated heterocycles. The van der Waals surface area contributed by atoms with Gasteiger partial charge in [0.15, 0.2) is 0 Å². The zero-order chi connectivity index (χ0) is 13.3. The SMILES string of the molecule is CC1COc2ccccc2C1NCC1(O)CCCC1. The van der Waals surface area contributed by atoms with Crippen molar-refractivity contribution in [3.8, 4) is 5.75 Å². The second-order valence-corrected chi connectivity index (χ2v) is 6.12. The maximum absolute atomic E-state index is 10.5. The van der Waals surface area contributed by atoms with Crippen LogP contribution in [-0.2, 0) is 0 Å². The number of benzene rings is 1. The van der Waals surface area contributed by atoms with Crippen molar-refractivity contribution in [2.45, 2.75) is 44.2 Å². The van der Waals surface area contributed by atoms with E-state index < -0.39 is 5.60 Å². The minimum atomic E-state index is -0.493. The quantitative estimate of drug-likeness (QED) is 0.879. The van der Waals surface area contributed by atoms with Crippen LogP contribution in [0.5, 0.6) is 5.75 Å². The molecule has 1 aromatic carbocycles. The summed E-state index contributed by atoms with van der Waals surface area (Å²) in [6.45, 7) is 3.63. The van der Waals surface area contributed by atoms with Crippen molar-refractivity contribution in [3.05, 3.63) is 29.8 Å². The second-order valence-electron chi connectivity index (χ2n) is 6.12. The normalized spacial score (nSPS) is 28.7. The van der Waals surface area contributed by atoms with Gasteiger partial charge in [0, 0.05) is 24.1 Å². The third kappa shape index (κ3) is 2.63. The Hall–Kier alpha value is -1.06. The lowest BCUT2D eigenvalue weighted by atomic mass is 9.91. The van der Waals surface area contributed by atoms with Gasteiger partial charge in [-0.25, -0.2) is 0 Å². The van der Waals surface area contributed by atoms with Crippen LogP contribution in [0.1, 0.15) is 44.2 Å². The molecule has 0 radical (unpaired) electrons. The summed E-state index contributed by atoms with van der Waals surface area (Å²) in [5, 5.41) is 14.0. The molecule has 0 bridgehead atoms. The molecule has 1 heterocycles. The van der Waals surface area contributed by atoms with Gasteiger partial charge >= 0.3 is 0 Å². The molecule has 19 heavy (non-hydrogen) atoms. The van der Waals surface area contributed by atoms with Crippen LogP contribution in [0.2, 0.25) is 0 Å². The lowest BCUT2D eigenvalue weighted by Gasteiger charge is -2.34. The zero-order valence-corrected chi connectivity index (χ0v) is 11.6. The predicted molar refractivity (Wildman–Crippen MR) is 75.3 cm³/mol. The van der Waals surface area contributed by atoms with Crippen molar-refractivity contribution in [1.29, 1.82) is 0 Å². The Labute approximate surface area is 115 Å². The Bertz CT molecular complexity index is 440. The minimum Gasteiger partial charge on any atom is -0.493 e. The molecule has 2 N–H and O–H groups in total. The predicted octanol–water partition coefficient (Wildman–Crippen LogP) is 2.65. The third-order valence-electron chi connectivity index (χ3n) is 4.51. The number of aliphatic hydroxyl groups is 1. The van der Waals surface area contributed by atoms with Crippen LogP contribution in [0.4, 0.5) is 0 Å². The highest BCUT2D eigenvalue weighted by atomic mass is 16.5. The average Bonchev–Trinajstić information content (AvgIpc) is 2.85. The topological polar surface area (TPSA) is 41.5 Å². The first-order valence-electron chi connectivity index (χ1n) is 7.35. The lowest BCUT2D eigenvalue weighted by molar-refractivity contribution is 0.0398. The Balaban J connectivity index is 1.73. The van der Waals surface area contributed by atoms with E-state index >= 15 is 0 Å². The summed E-state index contributed by atoms with van der Waals surface area (Å²) in [7, 11) is 0. The maximum atomic E-state index is 10.5. The van der Waals surface area contributed by atoms with Gasteiger partial charge in [0.1, 0.15) is 5.75 Å². The van der Waals surface area contributed by atoms with Crippen molar-refractivity contribution in [3.63, 3.8) is 0 Å². The number of para-hydroxylation sites is 1. The van der Waals surface area contributed by atoms with Crippen LogP contribution < -0.4 is 10.1 Å². The summed E-state index contributed by atoms with van der Waals surface area (Å²) < 4.78 is 5.76. The van der Waals surface area contributed by atoms with Gasteiger partial charge in [-0.2, -0.15) is 0 Å². The summed E-state index contributed by atoms with van der Waals surface area (Å²) in [5.41, 5.74) is 0.732. The number of hydrogen-bond donors (Lipinski definition) is 2. The first kappa shape index (κ1) is 12.9. The summed E-state index contributed by atoms with van der Waals surface area (Å²) in [6.07, 6.45) is 4.16. The van der Waals surface area contributed by atoms with E-state index in [1.807, 2.05) is 12.1 Å². The highest BCUT2D eigenvalue weighted by Crippen LogP contribution is 2.36. The van der Waals surface area contributed by atoms with Crippen LogP contribution in [-0.4, -0.2) is 23.9 Å². The van der Waals surface area contributed by atoms with Gasteiger partial charge in [-0.3, -0.25) is 0 Å². The van der Waals surface area contributed by atoms with E-state index in [4.69, 9.17) is 4.74 Å². The number of nitrogens with one attached hydrogen (secondary N) is 1. The number of ether oxygens (including phenoxy) is 1. The van der Waals surface area contributed by atoms with Gasteiger partial charge in [-0.05, 0) is 18.9 Å². The molecule has 0 amide bonds. The van der Waals surface area contributed by atoms with E-state index in [0.717, 1.165) is 38.0 Å². The van der Waals surface area contributed by atoms with Gasteiger partial charge in [0.2, 0.25) is 0 Å². The van der Waals surface area contributed by atoms with Gasteiger partial charge in [-0.15, -0.1) is 0 Å². The third-order valence-corrected chi connectivity index (χ3v) is 4.51. The van der Waals surface area contributed by atoms with Crippen molar-refractivity contribution >= 4 is 0 Å². The second kappa shape index (κ2) is 5.14. The van der Waals surface area contributed by atoms with E-state index in [-0.39, 0.29) is 6.04 Å². The maximum Gasteiger partial charge on any atom is 0.124 e. The number of fused-ring (bicyclic) bond motifs is 1. The zero-order valence-electron chi connectivity index (χ0n) is 11.6. The minimum absolute atomic E-state index is 0.287. The molecule has 1 saturated carbocycles. The van der Waals surface area contributed by atoms with Crippen molar-refractivity contribution in [2.24, 2.45) is 5.92 Å². The molecule has 1 aliphatic carbocycles. The first-order chi connectivity index (χ1) is 9.18. The standard InChI is InChI=1S/C16H23NO2/c1-12-10-19-14-7-3-2-6-13(14)15(12)17-11-16(18)8-4-5-9-16/h2-3,6-7,12,15,17-18H,4-5,8-11H2,1H3. The molecule has 104 valence electrons. The molecule has 3 nitrogen and oxygen atoms in total. The Morgan fingerprint density at radius 1 is 1.32 bits per heavy atom. The largest absolute Gasteiger partial charge is 0.493 e. The van der Waals surface area contributed by atoms with Crippen LogP contribution in [0.25, 0.3) is 0 Å². The van der Waals surface area contributed by atoms with Gasteiger partial charge < -0.3 is 15.2 Å². The van der Waals surface area contributed by atoms with E-state index in [1.54, 1.807) is 0 Å². The molecule has 2 aliphatic rings. The summed E-state index contributed by atoms with van der Waals surface area (Å²) in [5.74, 6) is 1.41. The highest BCUT2D eigenvalue weighted by molar-refractivity contribution is 5.37. The van der Waals surface area contributed by atoms with E-state index in [1.165, 1.54) is 5.56 Å². The summed E-state index contributed by atoms with van der Waals surface area (Å²) in [4.78, 5) is 0. The van der Waals surface area contributed by atoms with Gasteiger partial charge in [0.05, 0.1) is 12.2 Å². The fraction of sp³-hybridized carbons (Fsp3) is 0.625. The Kier molecular flexibility index (Phi) is 3.50. The molecule has 1 aliphatic heterocycles. The van der Waals surface area contributed by atoms with Crippen molar-refractivity contribution < 1.29 is 9.84 Å². The first-order valence-corrected chi connectivity index (χ1v) is 7.35. The molecular formula is C16H23NO2. The molecule has 3 rings (SSSR count). The van der Waals surface area contributed by atoms with Crippen LogP contribution in [0, 0.1) is 5.92 Å². The average molecular weight is 261 g/mol. The molecule has 0 aromatic heterocycles. The smallest absolute Gasteiger partial charge is 0.124 e. The van der Waals surface area contributed by atoms with Gasteiger partial charge in [-0.1, -0.05) is 38.0 Å². The summed E-state index contributed by atoms with van der Waals surface area (Å²) in [6, 6.07) is 8.51. The Morgan fingerprint density at radius 3 is 2.84 bits per heavy atom. The number of hydrogen-bond acceptors (Lipinski definition) is 3. The molecule has 2 atom stereocenters. The van der Waals surface area contributed by atoms with Crippen molar-refractivity contribution in [1.82, 2.24) is 5.32 Å². The van der Waals surface area contributed by atoms with Crippen LogP contribution in [0.15, 0.2) is 24.3 Å². The monoisotopic (exact) mass is 261 g/mol. The highest BCUT2D eigenvalue weighted by Gasteiger charge is 2.34. The molecule has 1 fully saturated rings. The fourth-order valence-electron chi connectivity index (χ4n) is 3.31. The number of rotatable bonds is 3. The summed E-state index contributed by atoms with van der Waals surface area (Å²) >= 11 is 0. The molecule has 3 heteroatoms. The molecule has 1 aromatic rings. The Morgan fingerprint density at radius 2 is 2.05 bits per heavy atom. The molecular weight excluding hydrogens is 238 g/mol. The lowest BCUT2D eigenvalue weighted by Crippen LogP contribution is -2.43. The molecule has 0 spiro atoms. The van der Waals surface area contributed by atoms with Crippen LogP contribution >= 0.6 is 0 Å². The van der Waals surface area contributed by atoms with E-state index in [0.29, 0.717) is 12.5 Å². The van der Waals surface area contributed by atoms with E-state index in [9.17, 15) is 5.11 Å².